The number of carbonyl (C=O) groups excluding carboxylic acids is 4. The van der Waals surface area contributed by atoms with Gasteiger partial charge in [0.2, 0.25) is 0 Å². The molecular formula is C75H142O17P2. The highest BCUT2D eigenvalue weighted by atomic mass is 31.2. The quantitative estimate of drug-likeness (QED) is 0.0169. The van der Waals surface area contributed by atoms with E-state index in [1.54, 1.807) is 0 Å². The van der Waals surface area contributed by atoms with Gasteiger partial charge in [-0.25, -0.2) is 9.13 Å². The van der Waals surface area contributed by atoms with Crippen molar-refractivity contribution in [1.82, 2.24) is 0 Å². The normalized spacial score (nSPS) is 14.1. The largest absolute Gasteiger partial charge is 0.472 e. The Morgan fingerprint density at radius 1 is 0.287 bits per heavy atom. The molecule has 3 N–H and O–H groups in total. The van der Waals surface area contributed by atoms with Crippen LogP contribution in [0.2, 0.25) is 0 Å². The SMILES string of the molecule is CCCC/C=C\CCCCCCCC(=O)OC(COC(=O)CCCCCCCCCCCCCCC)COP(=O)(O)OCC(O)COP(=O)(O)OCC(COC(=O)CCCCCCC/C=C\CCCCCCCC)OC(=O)CCCCCCCCCCCCCCCCC. The number of allylic oxidation sites excluding steroid dienone is 4. The van der Waals surface area contributed by atoms with E-state index in [1.807, 2.05) is 0 Å². The molecule has 94 heavy (non-hydrogen) atoms. The zero-order valence-electron chi connectivity index (χ0n) is 60.4. The highest BCUT2D eigenvalue weighted by molar-refractivity contribution is 7.47. The monoisotopic (exact) mass is 1380 g/mol. The second-order valence-corrected chi connectivity index (χ2v) is 29.2. The molecule has 0 fully saturated rings. The number of rotatable bonds is 74. The van der Waals surface area contributed by atoms with Gasteiger partial charge in [0.1, 0.15) is 19.3 Å². The van der Waals surface area contributed by atoms with E-state index in [0.717, 1.165) is 122 Å². The molecule has 17 nitrogen and oxygen atoms in total. The number of unbranched alkanes of at least 4 members (excludes halogenated alkanes) is 44. The average Bonchev–Trinajstić information content (AvgIpc) is 1.36. The highest BCUT2D eigenvalue weighted by Gasteiger charge is 2.30. The van der Waals surface area contributed by atoms with Gasteiger partial charge in [0, 0.05) is 25.7 Å². The van der Waals surface area contributed by atoms with Crippen molar-refractivity contribution in [1.29, 1.82) is 0 Å². The van der Waals surface area contributed by atoms with Crippen LogP contribution < -0.4 is 0 Å². The van der Waals surface area contributed by atoms with Crippen LogP contribution in [-0.2, 0) is 65.4 Å². The van der Waals surface area contributed by atoms with E-state index in [0.29, 0.717) is 25.7 Å². The summed E-state index contributed by atoms with van der Waals surface area (Å²) in [5.41, 5.74) is 0. The molecule has 554 valence electrons. The molecule has 0 saturated heterocycles. The van der Waals surface area contributed by atoms with Gasteiger partial charge in [0.15, 0.2) is 12.2 Å². The molecule has 0 aliphatic carbocycles. The molecule has 0 aromatic carbocycles. The minimum Gasteiger partial charge on any atom is -0.462 e. The third-order valence-electron chi connectivity index (χ3n) is 16.9. The van der Waals surface area contributed by atoms with E-state index >= 15 is 0 Å². The van der Waals surface area contributed by atoms with Crippen LogP contribution in [0.25, 0.3) is 0 Å². The maximum absolute atomic E-state index is 13.1. The van der Waals surface area contributed by atoms with Crippen molar-refractivity contribution >= 4 is 39.5 Å². The van der Waals surface area contributed by atoms with Gasteiger partial charge in [-0.2, -0.15) is 0 Å². The van der Waals surface area contributed by atoms with Crippen LogP contribution in [-0.4, -0.2) is 96.7 Å². The van der Waals surface area contributed by atoms with Crippen LogP contribution >= 0.6 is 15.6 Å². The van der Waals surface area contributed by atoms with Crippen LogP contribution in [0.5, 0.6) is 0 Å². The fourth-order valence-electron chi connectivity index (χ4n) is 11.0. The maximum Gasteiger partial charge on any atom is 0.472 e. The Bertz CT molecular complexity index is 1880. The van der Waals surface area contributed by atoms with Gasteiger partial charge in [0.25, 0.3) is 0 Å². The lowest BCUT2D eigenvalue weighted by Gasteiger charge is -2.21. The van der Waals surface area contributed by atoms with Crippen LogP contribution in [0.3, 0.4) is 0 Å². The molecule has 0 aliphatic rings. The summed E-state index contributed by atoms with van der Waals surface area (Å²) in [6.45, 7) is 4.90. The van der Waals surface area contributed by atoms with Crippen molar-refractivity contribution in [2.75, 3.05) is 39.6 Å². The number of phosphoric acid groups is 2. The molecule has 0 aromatic rings. The molecule has 0 rings (SSSR count). The second-order valence-electron chi connectivity index (χ2n) is 26.3. The van der Waals surface area contributed by atoms with Gasteiger partial charge < -0.3 is 33.8 Å². The Kier molecular flexibility index (Phi) is 67.2. The van der Waals surface area contributed by atoms with Crippen LogP contribution in [0, 0.1) is 0 Å². The summed E-state index contributed by atoms with van der Waals surface area (Å²) < 4.78 is 68.4. The summed E-state index contributed by atoms with van der Waals surface area (Å²) in [6.07, 6.45) is 61.7. The Balaban J connectivity index is 5.28. The predicted molar refractivity (Wildman–Crippen MR) is 381 cm³/mol. The van der Waals surface area contributed by atoms with Crippen molar-refractivity contribution in [3.05, 3.63) is 24.3 Å². The van der Waals surface area contributed by atoms with Gasteiger partial charge in [0.05, 0.1) is 26.4 Å². The van der Waals surface area contributed by atoms with Crippen molar-refractivity contribution < 1.29 is 80.2 Å². The van der Waals surface area contributed by atoms with Gasteiger partial charge >= 0.3 is 39.5 Å². The fraction of sp³-hybridized carbons (Fsp3) is 0.893. The van der Waals surface area contributed by atoms with Crippen LogP contribution in [0.15, 0.2) is 24.3 Å². The number of ether oxygens (including phenoxy) is 4. The van der Waals surface area contributed by atoms with Crippen molar-refractivity contribution in [2.24, 2.45) is 0 Å². The number of hydrogen-bond donors (Lipinski definition) is 3. The van der Waals surface area contributed by atoms with Gasteiger partial charge in [-0.3, -0.25) is 37.3 Å². The minimum absolute atomic E-state index is 0.0926. The molecule has 0 bridgehead atoms. The summed E-state index contributed by atoms with van der Waals surface area (Å²) in [4.78, 5) is 72.7. The molecule has 0 spiro atoms. The zero-order chi connectivity index (χ0) is 69.0. The van der Waals surface area contributed by atoms with Gasteiger partial charge in [-0.05, 0) is 70.6 Å². The number of carbonyl (C=O) groups is 4. The first-order chi connectivity index (χ1) is 45.7. The highest BCUT2D eigenvalue weighted by Crippen LogP contribution is 2.45. The van der Waals surface area contributed by atoms with Crippen molar-refractivity contribution in [2.45, 2.75) is 393 Å². The van der Waals surface area contributed by atoms with Crippen molar-refractivity contribution in [3.8, 4) is 0 Å². The van der Waals surface area contributed by atoms with E-state index < -0.39 is 97.5 Å². The molecule has 0 aliphatic heterocycles. The maximum atomic E-state index is 13.1. The second kappa shape index (κ2) is 69.0. The smallest absolute Gasteiger partial charge is 0.462 e. The third kappa shape index (κ3) is 68.1. The fourth-order valence-corrected chi connectivity index (χ4v) is 12.5. The van der Waals surface area contributed by atoms with E-state index in [4.69, 9.17) is 37.0 Å². The number of esters is 4. The Morgan fingerprint density at radius 2 is 0.500 bits per heavy atom. The average molecular weight is 1380 g/mol. The summed E-state index contributed by atoms with van der Waals surface area (Å²) in [7, 11) is -9.92. The first-order valence-electron chi connectivity index (χ1n) is 38.6. The van der Waals surface area contributed by atoms with E-state index in [-0.39, 0.29) is 25.7 Å². The molecule has 0 amide bonds. The summed E-state index contributed by atoms with van der Waals surface area (Å²) in [5, 5.41) is 10.6. The number of aliphatic hydroxyl groups is 1. The van der Waals surface area contributed by atoms with E-state index in [9.17, 15) is 43.2 Å². The number of phosphoric ester groups is 2. The molecule has 0 heterocycles. The molecule has 0 radical (unpaired) electrons. The molecular weight excluding hydrogens is 1230 g/mol. The number of aliphatic hydroxyl groups excluding tert-OH is 1. The Morgan fingerprint density at radius 3 is 0.766 bits per heavy atom. The van der Waals surface area contributed by atoms with E-state index in [2.05, 4.69) is 52.0 Å². The molecule has 5 atom stereocenters. The third-order valence-corrected chi connectivity index (χ3v) is 18.8. The Hall–Kier alpha value is -2.46. The summed E-state index contributed by atoms with van der Waals surface area (Å²) in [5.74, 6) is -2.15. The first-order valence-corrected chi connectivity index (χ1v) is 41.6. The van der Waals surface area contributed by atoms with Gasteiger partial charge in [-0.15, -0.1) is 0 Å². The van der Waals surface area contributed by atoms with E-state index in [1.165, 1.54) is 173 Å². The molecule has 5 unspecified atom stereocenters. The number of hydrogen-bond acceptors (Lipinski definition) is 15. The molecule has 19 heteroatoms. The standard InChI is InChI=1S/C75H142O17P2/c1-5-9-13-17-21-25-29-32-34-37-41-44-48-52-56-60-73(78)86-66-71(92-75(80)62-58-54-50-46-42-38-35-33-30-26-22-18-14-10-6-2)68-90-94(83,84)88-64-69(76)63-87-93(81,82)89-67-70(91-74(79)61-57-53-49-45-39-28-24-20-16-12-8-4)65-85-72(77)59-55-51-47-43-40-36-31-27-23-19-15-11-7-3/h20,24,32,34,69-71,76H,5-19,21-23,25-31,33,35-68H2,1-4H3,(H,81,82)(H,83,84)/b24-20-,34-32-. The topological polar surface area (TPSA) is 237 Å². The first kappa shape index (κ1) is 91.5. The minimum atomic E-state index is -4.96. The summed E-state index contributed by atoms with van der Waals surface area (Å²) >= 11 is 0. The summed E-state index contributed by atoms with van der Waals surface area (Å²) in [6, 6.07) is 0. The van der Waals surface area contributed by atoms with Crippen molar-refractivity contribution in [3.63, 3.8) is 0 Å². The predicted octanol–water partition coefficient (Wildman–Crippen LogP) is 21.8. The van der Waals surface area contributed by atoms with Crippen LogP contribution in [0.4, 0.5) is 0 Å². The zero-order valence-corrected chi connectivity index (χ0v) is 62.2. The molecule has 0 aromatic heterocycles. The lowest BCUT2D eigenvalue weighted by atomic mass is 10.0. The Labute approximate surface area is 573 Å². The molecule has 0 saturated carbocycles. The van der Waals surface area contributed by atoms with Gasteiger partial charge in [-0.1, -0.05) is 302 Å². The lowest BCUT2D eigenvalue weighted by Crippen LogP contribution is -2.30. The lowest BCUT2D eigenvalue weighted by molar-refractivity contribution is -0.161. The van der Waals surface area contributed by atoms with Crippen LogP contribution in [0.1, 0.15) is 374 Å².